The highest BCUT2D eigenvalue weighted by Crippen LogP contribution is 2.37. The van der Waals surface area contributed by atoms with Gasteiger partial charge in [0.05, 0.1) is 12.2 Å². The summed E-state index contributed by atoms with van der Waals surface area (Å²) in [4.78, 5) is 0. The summed E-state index contributed by atoms with van der Waals surface area (Å²) in [7, 11) is -2.68. The van der Waals surface area contributed by atoms with Gasteiger partial charge in [-0.3, -0.25) is 0 Å². The number of rotatable bonds is 12. The fourth-order valence-corrected chi connectivity index (χ4v) is 9.43. The summed E-state index contributed by atoms with van der Waals surface area (Å²) < 4.78 is 12.8. The molecule has 2 aromatic carbocycles. The van der Waals surface area contributed by atoms with Gasteiger partial charge in [0.25, 0.3) is 8.32 Å². The van der Waals surface area contributed by atoms with E-state index >= 15 is 0 Å². The minimum atomic E-state index is -2.68. The average Bonchev–Trinajstić information content (AvgIpc) is 3.64. The average molecular weight is 499 g/mol. The molecule has 1 aliphatic rings. The molecule has 1 saturated heterocycles. The molecule has 2 nitrogen and oxygen atoms in total. The van der Waals surface area contributed by atoms with Crippen molar-refractivity contribution in [1.29, 1.82) is 0 Å². The molecule has 0 aliphatic carbocycles. The lowest BCUT2D eigenvalue weighted by Crippen LogP contribution is -2.67. The van der Waals surface area contributed by atoms with E-state index in [1.165, 1.54) is 42.5 Å². The van der Waals surface area contributed by atoms with Gasteiger partial charge in [-0.15, -0.1) is 0 Å². The lowest BCUT2D eigenvalue weighted by Gasteiger charge is -2.44. The molecule has 0 spiro atoms. The van der Waals surface area contributed by atoms with Crippen LogP contribution in [0, 0.1) is 23.7 Å². The third kappa shape index (κ3) is 7.47. The van der Waals surface area contributed by atoms with Crippen LogP contribution in [-0.2, 0) is 9.16 Å². The van der Waals surface area contributed by atoms with Crippen LogP contribution in [0.3, 0.4) is 0 Å². The maximum Gasteiger partial charge on any atom is 0.263 e. The van der Waals surface area contributed by atoms with Gasteiger partial charge in [-0.25, -0.2) is 0 Å². The van der Waals surface area contributed by atoms with Crippen molar-refractivity contribution in [3.8, 4) is 23.7 Å². The Hall–Kier alpha value is -2.56. The van der Waals surface area contributed by atoms with Crippen LogP contribution in [0.2, 0.25) is 5.04 Å². The van der Waals surface area contributed by atoms with Crippen molar-refractivity contribution < 1.29 is 9.16 Å². The standard InChI is InChI=1S/C33H42O2Si/c1-6-8-9-10-19-26-31-32(34-31)27-20-11-14-21-28(7-2)35-36(33(3,4)5,29-22-15-12-16-23-29)30-24-17-13-18-25-30/h7,12-13,15-18,22-25,28,31-32H,2,6,8-10,19,26-27H2,1,3-5H3/t28-,31+,32-/m1/s1. The molecule has 1 fully saturated rings. The number of benzene rings is 2. The van der Waals surface area contributed by atoms with Crippen LogP contribution in [0.15, 0.2) is 73.3 Å². The van der Waals surface area contributed by atoms with E-state index in [1.807, 2.05) is 0 Å². The summed E-state index contributed by atoms with van der Waals surface area (Å²) in [5.74, 6) is 12.5. The van der Waals surface area contributed by atoms with Gasteiger partial charge in [0.15, 0.2) is 0 Å². The zero-order valence-electron chi connectivity index (χ0n) is 22.6. The molecular weight excluding hydrogens is 456 g/mol. The third-order valence-corrected chi connectivity index (χ3v) is 11.9. The molecule has 3 heteroatoms. The first-order valence-corrected chi connectivity index (χ1v) is 15.4. The largest absolute Gasteiger partial charge is 0.390 e. The third-order valence-electron chi connectivity index (χ3n) is 6.88. The monoisotopic (exact) mass is 498 g/mol. The van der Waals surface area contributed by atoms with Crippen molar-refractivity contribution in [3.63, 3.8) is 0 Å². The van der Waals surface area contributed by atoms with E-state index in [1.54, 1.807) is 6.08 Å². The molecule has 2 aromatic rings. The number of unbranched alkanes of at least 4 members (excludes halogenated alkanes) is 4. The Bertz CT molecular complexity index is 1020. The summed E-state index contributed by atoms with van der Waals surface area (Å²) in [6.45, 7) is 13.1. The van der Waals surface area contributed by atoms with Crippen molar-refractivity contribution in [3.05, 3.63) is 73.3 Å². The van der Waals surface area contributed by atoms with E-state index in [2.05, 4.69) is 119 Å². The highest BCUT2D eigenvalue weighted by molar-refractivity contribution is 6.99. The molecule has 0 saturated carbocycles. The smallest absolute Gasteiger partial charge is 0.263 e. The van der Waals surface area contributed by atoms with Gasteiger partial charge in [0, 0.05) is 6.42 Å². The van der Waals surface area contributed by atoms with E-state index in [-0.39, 0.29) is 11.1 Å². The molecule has 0 radical (unpaired) electrons. The van der Waals surface area contributed by atoms with Crippen LogP contribution in [0.25, 0.3) is 0 Å². The van der Waals surface area contributed by atoms with Crippen LogP contribution in [0.1, 0.15) is 72.6 Å². The fraction of sp³-hybridized carbons (Fsp3) is 0.455. The van der Waals surface area contributed by atoms with Gasteiger partial charge >= 0.3 is 0 Å². The Kier molecular flexibility index (Phi) is 10.6. The SMILES string of the molecule is C=C[C@H](C#CC#CC[C@H]1O[C@H]1CCCCCCC)O[Si](c1ccccc1)(c1ccccc1)C(C)(C)C. The first-order chi connectivity index (χ1) is 17.4. The second-order valence-electron chi connectivity index (χ2n) is 10.6. The molecule has 0 aromatic heterocycles. The van der Waals surface area contributed by atoms with Gasteiger partial charge in [-0.2, -0.15) is 0 Å². The first kappa shape index (κ1) is 28.0. The Morgan fingerprint density at radius 1 is 0.917 bits per heavy atom. The lowest BCUT2D eigenvalue weighted by atomic mass is 10.1. The van der Waals surface area contributed by atoms with Crippen LogP contribution < -0.4 is 10.4 Å². The topological polar surface area (TPSA) is 21.8 Å². The van der Waals surface area contributed by atoms with Crippen molar-refractivity contribution >= 4 is 18.7 Å². The second-order valence-corrected chi connectivity index (χ2v) is 14.9. The van der Waals surface area contributed by atoms with E-state index in [9.17, 15) is 0 Å². The van der Waals surface area contributed by atoms with Crippen molar-refractivity contribution in [1.82, 2.24) is 0 Å². The van der Waals surface area contributed by atoms with Gasteiger partial charge in [0.1, 0.15) is 6.10 Å². The van der Waals surface area contributed by atoms with E-state index in [0.29, 0.717) is 6.10 Å². The maximum atomic E-state index is 7.01. The van der Waals surface area contributed by atoms with Crippen LogP contribution in [-0.4, -0.2) is 26.6 Å². The summed E-state index contributed by atoms with van der Waals surface area (Å²) in [5, 5.41) is 2.35. The summed E-state index contributed by atoms with van der Waals surface area (Å²) in [5.41, 5.74) is 0. The van der Waals surface area contributed by atoms with Crippen molar-refractivity contribution in [2.24, 2.45) is 0 Å². The van der Waals surface area contributed by atoms with Crippen molar-refractivity contribution in [2.45, 2.75) is 96.0 Å². The Morgan fingerprint density at radius 3 is 2.08 bits per heavy atom. The fourth-order valence-electron chi connectivity index (χ4n) is 4.88. The van der Waals surface area contributed by atoms with E-state index < -0.39 is 14.4 Å². The predicted octanol–water partition coefficient (Wildman–Crippen LogP) is 6.64. The lowest BCUT2D eigenvalue weighted by molar-refractivity contribution is 0.285. The highest BCUT2D eigenvalue weighted by Gasteiger charge is 2.51. The van der Waals surface area contributed by atoms with Crippen LogP contribution in [0.5, 0.6) is 0 Å². The summed E-state index contributed by atoms with van der Waals surface area (Å²) in [6, 6.07) is 21.2. The zero-order chi connectivity index (χ0) is 25.9. The maximum absolute atomic E-state index is 7.01. The molecule has 0 amide bonds. The summed E-state index contributed by atoms with van der Waals surface area (Å²) >= 11 is 0. The zero-order valence-corrected chi connectivity index (χ0v) is 23.6. The van der Waals surface area contributed by atoms with E-state index in [0.717, 1.165) is 12.8 Å². The van der Waals surface area contributed by atoms with E-state index in [4.69, 9.17) is 9.16 Å². The molecule has 190 valence electrons. The Labute approximate surface area is 220 Å². The molecule has 1 aliphatic heterocycles. The number of epoxide rings is 1. The molecule has 36 heavy (non-hydrogen) atoms. The van der Waals surface area contributed by atoms with Crippen LogP contribution >= 0.6 is 0 Å². The first-order valence-electron chi connectivity index (χ1n) is 13.5. The number of hydrogen-bond donors (Lipinski definition) is 0. The molecule has 0 unspecified atom stereocenters. The molecular formula is C33H42O2Si. The minimum absolute atomic E-state index is 0.112. The Morgan fingerprint density at radius 2 is 1.53 bits per heavy atom. The van der Waals surface area contributed by atoms with Crippen molar-refractivity contribution in [2.75, 3.05) is 0 Å². The normalized spacial score (nSPS) is 17.8. The highest BCUT2D eigenvalue weighted by atomic mass is 28.4. The Balaban J connectivity index is 1.68. The number of hydrogen-bond acceptors (Lipinski definition) is 2. The van der Waals surface area contributed by atoms with Crippen LogP contribution in [0.4, 0.5) is 0 Å². The van der Waals surface area contributed by atoms with Gasteiger partial charge in [-0.1, -0.05) is 145 Å². The molecule has 0 N–H and O–H groups in total. The van der Waals surface area contributed by atoms with Gasteiger partial charge < -0.3 is 9.16 Å². The summed E-state index contributed by atoms with van der Waals surface area (Å²) in [6.07, 6.45) is 10.5. The van der Waals surface area contributed by atoms with Gasteiger partial charge in [0.2, 0.25) is 0 Å². The number of ether oxygens (including phenoxy) is 1. The molecule has 3 atom stereocenters. The molecule has 1 heterocycles. The second kappa shape index (κ2) is 13.7. The quantitative estimate of drug-likeness (QED) is 0.108. The molecule has 0 bridgehead atoms. The molecule has 3 rings (SSSR count). The van der Waals surface area contributed by atoms with Gasteiger partial charge in [-0.05, 0) is 33.7 Å². The predicted molar refractivity (Wildman–Crippen MR) is 155 cm³/mol. The minimum Gasteiger partial charge on any atom is -0.390 e.